The predicted octanol–water partition coefficient (Wildman–Crippen LogP) is -3.82. The molecule has 0 saturated heterocycles. The fourth-order valence-electron chi connectivity index (χ4n) is 0. The van der Waals surface area contributed by atoms with Crippen LogP contribution in [-0.4, -0.2) is 20.6 Å². The van der Waals surface area contributed by atoms with E-state index in [2.05, 4.69) is 33.8 Å². The Balaban J connectivity index is -0.000000155. The maximum absolute atomic E-state index is 10.8. The van der Waals surface area contributed by atoms with E-state index in [-0.39, 0.29) is 11.9 Å². The van der Waals surface area contributed by atoms with Crippen LogP contribution in [0.25, 0.3) is 0 Å². The summed E-state index contributed by atoms with van der Waals surface area (Å²) < 4.78 is 59.3. The molecule has 0 aromatic carbocycles. The normalized spacial score (nSPS) is 14.0. The molecule has 0 rings (SSSR count). The van der Waals surface area contributed by atoms with Crippen LogP contribution in [0.1, 0.15) is 0 Å². The standard InChI is InChI=1S/2CH5N3.F6Si/c2*2-1(3)4;1-7(2,3,4,5)6/h2*(H5,2,3,4);/q;;-2/p+2. The van der Waals surface area contributed by atoms with Crippen molar-refractivity contribution in [1.29, 1.82) is 0 Å². The third-order valence-electron chi connectivity index (χ3n) is 0. The minimum Gasteiger partial charge on any atom is -0.291 e. The molecule has 12 N–H and O–H groups in total. The molecule has 0 atom stereocenters. The number of halogens is 6. The van der Waals surface area contributed by atoms with Gasteiger partial charge in [-0.3, -0.25) is 33.8 Å². The van der Waals surface area contributed by atoms with Crippen molar-refractivity contribution >= 4 is 20.6 Å². The summed E-state index contributed by atoms with van der Waals surface area (Å²) in [6.45, 7) is 0. The minimum atomic E-state index is -10.8. The van der Waals surface area contributed by atoms with Crippen molar-refractivity contribution in [3.63, 3.8) is 0 Å². The summed E-state index contributed by atoms with van der Waals surface area (Å²) in [5.41, 5.74) is 18.3. The Hall–Kier alpha value is -1.66. The first-order valence-electron chi connectivity index (χ1n) is 2.87. The van der Waals surface area contributed by atoms with Crippen LogP contribution < -0.4 is 33.8 Å². The van der Waals surface area contributed by atoms with Crippen LogP contribution in [0.15, 0.2) is 0 Å². The molecular weight excluding hydrogens is 250 g/mol. The quantitative estimate of drug-likeness (QED) is 0.0869. The van der Waals surface area contributed by atoms with E-state index >= 15 is 0 Å². The fraction of sp³-hybridized carbons (Fsp3) is 0. The van der Waals surface area contributed by atoms with Crippen LogP contribution in [0.4, 0.5) is 24.6 Å². The maximum atomic E-state index is 9.88. The molecule has 0 spiro atoms. The molecular formula is C2H12F6N6Si. The molecule has 6 nitrogen and oxygen atoms in total. The van der Waals surface area contributed by atoms with Crippen molar-refractivity contribution in [2.75, 3.05) is 0 Å². The third kappa shape index (κ3) is 477. The molecule has 0 aliphatic carbocycles. The van der Waals surface area contributed by atoms with E-state index in [9.17, 15) is 24.6 Å². The molecule has 0 bridgehead atoms. The fourth-order valence-corrected chi connectivity index (χ4v) is 0. The minimum absolute atomic E-state index is 0.0833. The predicted molar refractivity (Wildman–Crippen MR) is 43.0 cm³/mol. The van der Waals surface area contributed by atoms with Gasteiger partial charge in [-0.15, -0.1) is 0 Å². The van der Waals surface area contributed by atoms with Crippen molar-refractivity contribution in [3.8, 4) is 0 Å². The first-order valence-corrected chi connectivity index (χ1v) is 5.13. The Morgan fingerprint density at radius 1 is 0.667 bits per heavy atom. The van der Waals surface area contributed by atoms with Crippen molar-refractivity contribution in [1.82, 2.24) is 0 Å². The maximum Gasteiger partial charge on any atom is 0.336 e. The summed E-state index contributed by atoms with van der Waals surface area (Å²) in [6.07, 6.45) is 0. The molecule has 0 saturated carbocycles. The van der Waals surface area contributed by atoms with E-state index in [0.29, 0.717) is 0 Å². The Morgan fingerprint density at radius 2 is 0.667 bits per heavy atom. The molecule has 0 heterocycles. The van der Waals surface area contributed by atoms with Gasteiger partial charge in [0.25, 0.3) is 0 Å². The first kappa shape index (κ1) is 19.0. The summed E-state index contributed by atoms with van der Waals surface area (Å²) in [5, 5.41) is 9.17. The Kier molecular flexibility index (Phi) is 5.37. The number of hydrogen-bond acceptors (Lipinski definition) is 0. The average molecular weight is 262 g/mol. The third-order valence-corrected chi connectivity index (χ3v) is 0. The van der Waals surface area contributed by atoms with Crippen LogP contribution in [-0.2, 0) is 0 Å². The summed E-state index contributed by atoms with van der Waals surface area (Å²) in [6, 6.07) is 0. The summed E-state index contributed by atoms with van der Waals surface area (Å²) in [5.74, 6) is -0.167. The van der Waals surface area contributed by atoms with E-state index < -0.39 is 8.63 Å². The molecule has 15 heavy (non-hydrogen) atoms. The number of nitrogens with two attached hydrogens (primary N) is 6. The summed E-state index contributed by atoms with van der Waals surface area (Å²) in [7, 11) is -10.8. The van der Waals surface area contributed by atoms with Crippen LogP contribution in [0.3, 0.4) is 0 Å². The number of hydrogen-bond donors (Lipinski definition) is 6. The molecule has 0 radical (unpaired) electrons. The van der Waals surface area contributed by atoms with Gasteiger partial charge in [-0.1, -0.05) is 0 Å². The topological polar surface area (TPSA) is 155 Å². The molecule has 0 unspecified atom stereocenters. The van der Waals surface area contributed by atoms with E-state index in [1.807, 2.05) is 0 Å². The number of rotatable bonds is 0. The molecule has 96 valence electrons. The molecule has 0 aromatic rings. The zero-order valence-corrected chi connectivity index (χ0v) is 8.23. The van der Waals surface area contributed by atoms with Gasteiger partial charge in [0, 0.05) is 0 Å². The van der Waals surface area contributed by atoms with Gasteiger partial charge >= 0.3 is 45.2 Å². The van der Waals surface area contributed by atoms with Gasteiger partial charge in [-0.2, -0.15) is 0 Å². The van der Waals surface area contributed by atoms with Crippen LogP contribution >= 0.6 is 0 Å². The van der Waals surface area contributed by atoms with Gasteiger partial charge in [0.1, 0.15) is 0 Å². The Bertz CT molecular complexity index is 196. The number of guanidine groups is 2. The van der Waals surface area contributed by atoms with Crippen molar-refractivity contribution < 1.29 is 35.5 Å². The van der Waals surface area contributed by atoms with E-state index in [1.165, 1.54) is 0 Å². The largest absolute Gasteiger partial charge is 0.336 e. The van der Waals surface area contributed by atoms with Crippen LogP contribution in [0.5, 0.6) is 0 Å². The van der Waals surface area contributed by atoms with Gasteiger partial charge in [-0.05, 0) is 0 Å². The second-order valence-electron chi connectivity index (χ2n) is 2.07. The van der Waals surface area contributed by atoms with Crippen LogP contribution in [0, 0.1) is 0 Å². The van der Waals surface area contributed by atoms with E-state index in [4.69, 9.17) is 0 Å². The monoisotopic (exact) mass is 262 g/mol. The van der Waals surface area contributed by atoms with Gasteiger partial charge in [0.05, 0.1) is 0 Å². The summed E-state index contributed by atoms with van der Waals surface area (Å²) >= 11 is 0. The molecule has 0 fully saturated rings. The Morgan fingerprint density at radius 3 is 0.667 bits per heavy atom. The van der Waals surface area contributed by atoms with Crippen molar-refractivity contribution in [2.45, 2.75) is 0 Å². The second kappa shape index (κ2) is 4.24. The van der Waals surface area contributed by atoms with Gasteiger partial charge < -0.3 is 0 Å². The zero-order chi connectivity index (χ0) is 13.6. The molecule has 0 aliphatic rings. The van der Waals surface area contributed by atoms with Crippen molar-refractivity contribution in [3.05, 3.63) is 0 Å². The molecule has 0 aliphatic heterocycles. The van der Waals surface area contributed by atoms with E-state index in [1.54, 1.807) is 0 Å². The molecule has 13 heteroatoms. The smallest absolute Gasteiger partial charge is 0.291 e. The van der Waals surface area contributed by atoms with Gasteiger partial charge in [0.2, 0.25) is 0 Å². The summed E-state index contributed by atoms with van der Waals surface area (Å²) in [4.78, 5) is 0. The average Bonchev–Trinajstić information content (AvgIpc) is 1.44. The van der Waals surface area contributed by atoms with Gasteiger partial charge in [0.15, 0.2) is 0 Å². The van der Waals surface area contributed by atoms with Crippen molar-refractivity contribution in [2.24, 2.45) is 22.9 Å². The van der Waals surface area contributed by atoms with Gasteiger partial charge in [-0.25, -0.2) is 0 Å². The molecule has 0 amide bonds. The SMILES string of the molecule is F[Si-2](F)(F)(F)(F)F.NC(N)=[NH2+].NC(N)=[NH2+]. The second-order valence-corrected chi connectivity index (χ2v) is 4.21. The first-order chi connectivity index (χ1) is 5.91. The zero-order valence-electron chi connectivity index (χ0n) is 7.23. The molecule has 0 aromatic heterocycles. The van der Waals surface area contributed by atoms with E-state index in [0.717, 1.165) is 0 Å². The van der Waals surface area contributed by atoms with Crippen LogP contribution in [0.2, 0.25) is 0 Å². The Labute approximate surface area is 80.1 Å².